The van der Waals surface area contributed by atoms with Gasteiger partial charge in [0.1, 0.15) is 0 Å². The molecule has 0 amide bonds. The molecule has 0 saturated carbocycles. The zero-order valence-corrected chi connectivity index (χ0v) is 9.94. The van der Waals surface area contributed by atoms with Gasteiger partial charge in [0.05, 0.1) is 16.8 Å². The molecule has 1 aliphatic heterocycles. The highest BCUT2D eigenvalue weighted by molar-refractivity contribution is 5.82. The van der Waals surface area contributed by atoms with E-state index < -0.39 is 17.3 Å². The van der Waals surface area contributed by atoms with E-state index in [0.717, 1.165) is 11.6 Å². The number of alkyl halides is 3. The Bertz CT molecular complexity index is 484. The maximum atomic E-state index is 12.9. The predicted molar refractivity (Wildman–Crippen MR) is 62.8 cm³/mol. The van der Waals surface area contributed by atoms with Gasteiger partial charge < -0.3 is 5.32 Å². The highest BCUT2D eigenvalue weighted by atomic mass is 19.4. The second kappa shape index (κ2) is 3.52. The number of allylic oxidation sites excluding steroid dienone is 1. The molecule has 0 aliphatic carbocycles. The lowest BCUT2D eigenvalue weighted by molar-refractivity contribution is -0.137. The van der Waals surface area contributed by atoms with Crippen LogP contribution in [0.3, 0.4) is 0 Å². The first-order valence-electron chi connectivity index (χ1n) is 5.39. The first kappa shape index (κ1) is 12.0. The quantitative estimate of drug-likeness (QED) is 0.713. The van der Waals surface area contributed by atoms with Gasteiger partial charge in [0, 0.05) is 5.56 Å². The van der Waals surface area contributed by atoms with Crippen molar-refractivity contribution in [2.75, 3.05) is 5.32 Å². The zero-order valence-electron chi connectivity index (χ0n) is 9.94. The van der Waals surface area contributed by atoms with Crippen LogP contribution in [0.5, 0.6) is 0 Å². The molecule has 0 fully saturated rings. The van der Waals surface area contributed by atoms with Gasteiger partial charge in [0.2, 0.25) is 0 Å². The van der Waals surface area contributed by atoms with E-state index in [1.165, 1.54) is 6.07 Å². The Kier molecular flexibility index (Phi) is 2.49. The lowest BCUT2D eigenvalue weighted by Gasteiger charge is -2.33. The van der Waals surface area contributed by atoms with Crippen molar-refractivity contribution in [3.8, 4) is 0 Å². The van der Waals surface area contributed by atoms with Gasteiger partial charge in [0.15, 0.2) is 0 Å². The molecule has 0 saturated heterocycles. The monoisotopic (exact) mass is 241 g/mol. The van der Waals surface area contributed by atoms with Crippen molar-refractivity contribution in [1.29, 1.82) is 0 Å². The molecule has 0 unspecified atom stereocenters. The van der Waals surface area contributed by atoms with Gasteiger partial charge in [-0.2, -0.15) is 13.2 Å². The van der Waals surface area contributed by atoms with Crippen LogP contribution in [0.1, 0.15) is 31.9 Å². The van der Waals surface area contributed by atoms with E-state index in [4.69, 9.17) is 0 Å². The number of anilines is 1. The van der Waals surface area contributed by atoms with E-state index in [9.17, 15) is 13.2 Å². The van der Waals surface area contributed by atoms with Gasteiger partial charge in [-0.1, -0.05) is 18.2 Å². The summed E-state index contributed by atoms with van der Waals surface area (Å²) in [6.07, 6.45) is -2.39. The minimum absolute atomic E-state index is 0.185. The number of rotatable bonds is 0. The van der Waals surface area contributed by atoms with Gasteiger partial charge in [-0.25, -0.2) is 0 Å². The molecule has 17 heavy (non-hydrogen) atoms. The Morgan fingerprint density at radius 1 is 1.18 bits per heavy atom. The number of hydrogen-bond acceptors (Lipinski definition) is 1. The second-order valence-corrected chi connectivity index (χ2v) is 4.90. The molecule has 4 heteroatoms. The molecule has 1 aromatic carbocycles. The lowest BCUT2D eigenvalue weighted by atomic mass is 9.89. The van der Waals surface area contributed by atoms with Crippen molar-refractivity contribution in [3.05, 3.63) is 35.4 Å². The van der Waals surface area contributed by atoms with Crippen LogP contribution in [0.2, 0.25) is 0 Å². The fraction of sp³-hybridized carbons (Fsp3) is 0.385. The van der Waals surface area contributed by atoms with Crippen molar-refractivity contribution in [1.82, 2.24) is 0 Å². The molecule has 1 N–H and O–H groups in total. The van der Waals surface area contributed by atoms with E-state index in [0.29, 0.717) is 5.56 Å². The maximum absolute atomic E-state index is 12.9. The molecule has 1 nitrogen and oxygen atoms in total. The van der Waals surface area contributed by atoms with E-state index in [-0.39, 0.29) is 5.69 Å². The van der Waals surface area contributed by atoms with Crippen molar-refractivity contribution in [2.24, 2.45) is 0 Å². The number of hydrogen-bond donors (Lipinski definition) is 1. The maximum Gasteiger partial charge on any atom is 0.418 e. The Balaban J connectivity index is 2.65. The van der Waals surface area contributed by atoms with Crippen LogP contribution in [0.25, 0.3) is 5.57 Å². The number of halogens is 3. The Labute approximate surface area is 98.3 Å². The zero-order chi connectivity index (χ0) is 12.8. The Hall–Kier alpha value is -1.45. The van der Waals surface area contributed by atoms with E-state index in [1.807, 2.05) is 26.8 Å². The van der Waals surface area contributed by atoms with Gasteiger partial charge in [-0.15, -0.1) is 0 Å². The summed E-state index contributed by atoms with van der Waals surface area (Å²) < 4.78 is 38.7. The van der Waals surface area contributed by atoms with Crippen LogP contribution in [0.4, 0.5) is 18.9 Å². The first-order chi connectivity index (χ1) is 7.71. The third-order valence-electron chi connectivity index (χ3n) is 2.82. The van der Waals surface area contributed by atoms with Gasteiger partial charge in [0.25, 0.3) is 0 Å². The fourth-order valence-corrected chi connectivity index (χ4v) is 2.23. The standard InChI is InChI=1S/C13H14F3N/c1-8-7-12(2,3)17-11-9(8)5-4-6-10(11)13(14,15)16/h4-7,17H,1-3H3. The number of nitrogens with one attached hydrogen (secondary N) is 1. The Morgan fingerprint density at radius 2 is 1.82 bits per heavy atom. The highest BCUT2D eigenvalue weighted by Gasteiger charge is 2.36. The van der Waals surface area contributed by atoms with Gasteiger partial charge in [-0.3, -0.25) is 0 Å². The molecule has 0 radical (unpaired) electrons. The summed E-state index contributed by atoms with van der Waals surface area (Å²) >= 11 is 0. The molecular weight excluding hydrogens is 227 g/mol. The third kappa shape index (κ3) is 2.16. The minimum Gasteiger partial charge on any atom is -0.376 e. The minimum atomic E-state index is -4.33. The van der Waals surface area contributed by atoms with Crippen LogP contribution < -0.4 is 5.32 Å². The molecule has 0 atom stereocenters. The highest BCUT2D eigenvalue weighted by Crippen LogP contribution is 2.42. The molecule has 92 valence electrons. The van der Waals surface area contributed by atoms with Crippen LogP contribution in [-0.4, -0.2) is 5.54 Å². The van der Waals surface area contributed by atoms with Crippen LogP contribution in [0, 0.1) is 0 Å². The lowest BCUT2D eigenvalue weighted by Crippen LogP contribution is -2.33. The normalized spacial score (nSPS) is 18.1. The van der Waals surface area contributed by atoms with E-state index >= 15 is 0 Å². The number of para-hydroxylation sites is 1. The molecule has 0 spiro atoms. The summed E-state index contributed by atoms with van der Waals surface area (Å²) in [4.78, 5) is 0. The van der Waals surface area contributed by atoms with Crippen molar-refractivity contribution >= 4 is 11.3 Å². The van der Waals surface area contributed by atoms with Crippen LogP contribution in [-0.2, 0) is 6.18 Å². The SMILES string of the molecule is CC1=CC(C)(C)Nc2c1cccc2C(F)(F)F. The first-order valence-corrected chi connectivity index (χ1v) is 5.39. The van der Waals surface area contributed by atoms with Gasteiger partial charge >= 0.3 is 6.18 Å². The molecule has 1 aliphatic rings. The predicted octanol–water partition coefficient (Wildman–Crippen LogP) is 4.31. The summed E-state index contributed by atoms with van der Waals surface area (Å²) in [6, 6.07) is 4.26. The van der Waals surface area contributed by atoms with E-state index in [1.54, 1.807) is 6.07 Å². The topological polar surface area (TPSA) is 12.0 Å². The summed E-state index contributed by atoms with van der Waals surface area (Å²) in [5.74, 6) is 0. The third-order valence-corrected chi connectivity index (χ3v) is 2.82. The molecular formula is C13H14F3N. The molecule has 2 rings (SSSR count). The molecule has 1 aromatic rings. The summed E-state index contributed by atoms with van der Waals surface area (Å²) in [6.45, 7) is 5.54. The fourth-order valence-electron chi connectivity index (χ4n) is 2.23. The molecule has 0 aromatic heterocycles. The van der Waals surface area contributed by atoms with Gasteiger partial charge in [-0.05, 0) is 32.4 Å². The van der Waals surface area contributed by atoms with Crippen molar-refractivity contribution in [2.45, 2.75) is 32.5 Å². The molecule has 1 heterocycles. The smallest absolute Gasteiger partial charge is 0.376 e. The summed E-state index contributed by atoms with van der Waals surface area (Å²) in [5.41, 5.74) is 0.618. The van der Waals surface area contributed by atoms with Crippen molar-refractivity contribution < 1.29 is 13.2 Å². The largest absolute Gasteiger partial charge is 0.418 e. The van der Waals surface area contributed by atoms with E-state index in [2.05, 4.69) is 5.32 Å². The average molecular weight is 241 g/mol. The van der Waals surface area contributed by atoms with Crippen LogP contribution >= 0.6 is 0 Å². The van der Waals surface area contributed by atoms with Crippen LogP contribution in [0.15, 0.2) is 24.3 Å². The Morgan fingerprint density at radius 3 is 2.41 bits per heavy atom. The average Bonchev–Trinajstić information content (AvgIpc) is 2.13. The number of fused-ring (bicyclic) bond motifs is 1. The van der Waals surface area contributed by atoms with Crippen molar-refractivity contribution in [3.63, 3.8) is 0 Å². The summed E-state index contributed by atoms with van der Waals surface area (Å²) in [5, 5.41) is 2.95. The molecule has 0 bridgehead atoms. The number of benzene rings is 1. The second-order valence-electron chi connectivity index (χ2n) is 4.90. The summed E-state index contributed by atoms with van der Waals surface area (Å²) in [7, 11) is 0.